The molecule has 2 aliphatic rings. The maximum atomic E-state index is 11.4. The van der Waals surface area contributed by atoms with Gasteiger partial charge in [-0.15, -0.1) is 10.2 Å². The molecule has 0 bridgehead atoms. The van der Waals surface area contributed by atoms with Crippen LogP contribution in [0.3, 0.4) is 0 Å². The standard InChI is InChI=1S/C12H19N3O2S/c16-18(17)7-4-10(5-8-18)9-12-14-13-11-3-1-2-6-15(11)12/h10H,1-9H2. The van der Waals surface area contributed by atoms with Crippen molar-refractivity contribution in [2.45, 2.75) is 45.1 Å². The van der Waals surface area contributed by atoms with Crippen LogP contribution in [0, 0.1) is 5.92 Å². The van der Waals surface area contributed by atoms with Crippen LogP contribution in [0.5, 0.6) is 0 Å². The summed E-state index contributed by atoms with van der Waals surface area (Å²) < 4.78 is 25.0. The Morgan fingerprint density at radius 2 is 1.94 bits per heavy atom. The van der Waals surface area contributed by atoms with Crippen LogP contribution in [0.1, 0.15) is 37.3 Å². The van der Waals surface area contributed by atoms with Crippen molar-refractivity contribution in [3.63, 3.8) is 0 Å². The number of aromatic nitrogens is 3. The molecule has 1 aromatic rings. The third-order valence-corrected chi connectivity index (χ3v) is 5.80. The maximum absolute atomic E-state index is 11.4. The molecule has 6 heteroatoms. The van der Waals surface area contributed by atoms with Crippen molar-refractivity contribution in [2.75, 3.05) is 11.5 Å². The molecule has 1 aromatic heterocycles. The predicted octanol–water partition coefficient (Wildman–Crippen LogP) is 0.982. The van der Waals surface area contributed by atoms with Crippen molar-refractivity contribution in [1.82, 2.24) is 14.8 Å². The van der Waals surface area contributed by atoms with E-state index in [4.69, 9.17) is 0 Å². The summed E-state index contributed by atoms with van der Waals surface area (Å²) in [5.41, 5.74) is 0. The second kappa shape index (κ2) is 4.64. The summed E-state index contributed by atoms with van der Waals surface area (Å²) in [5.74, 6) is 3.33. The summed E-state index contributed by atoms with van der Waals surface area (Å²) in [7, 11) is -2.75. The first-order chi connectivity index (χ1) is 8.64. The van der Waals surface area contributed by atoms with Crippen LogP contribution in [-0.2, 0) is 29.2 Å². The first-order valence-electron chi connectivity index (χ1n) is 6.75. The Morgan fingerprint density at radius 1 is 1.17 bits per heavy atom. The van der Waals surface area contributed by atoms with E-state index >= 15 is 0 Å². The lowest BCUT2D eigenvalue weighted by molar-refractivity contribution is 0.432. The van der Waals surface area contributed by atoms with Gasteiger partial charge in [-0.05, 0) is 31.6 Å². The monoisotopic (exact) mass is 269 g/mol. The molecule has 5 nitrogen and oxygen atoms in total. The first kappa shape index (κ1) is 12.1. The van der Waals surface area contributed by atoms with Gasteiger partial charge in [-0.2, -0.15) is 0 Å². The van der Waals surface area contributed by atoms with Gasteiger partial charge in [-0.25, -0.2) is 8.42 Å². The number of hydrogen-bond donors (Lipinski definition) is 0. The Kier molecular flexibility index (Phi) is 3.13. The molecule has 0 aliphatic carbocycles. The van der Waals surface area contributed by atoms with Crippen molar-refractivity contribution >= 4 is 9.84 Å². The Morgan fingerprint density at radius 3 is 2.72 bits per heavy atom. The summed E-state index contributed by atoms with van der Waals surface area (Å²) in [6, 6.07) is 0. The lowest BCUT2D eigenvalue weighted by Gasteiger charge is -2.22. The minimum Gasteiger partial charge on any atom is -0.315 e. The summed E-state index contributed by atoms with van der Waals surface area (Å²) in [6.07, 6.45) is 5.90. The molecule has 0 N–H and O–H groups in total. The van der Waals surface area contributed by atoms with Gasteiger partial charge in [-0.1, -0.05) is 0 Å². The molecule has 0 amide bonds. The van der Waals surface area contributed by atoms with Crippen LogP contribution in [0.2, 0.25) is 0 Å². The van der Waals surface area contributed by atoms with E-state index in [0.717, 1.165) is 43.9 Å². The van der Waals surface area contributed by atoms with E-state index in [2.05, 4.69) is 14.8 Å². The molecule has 1 fully saturated rings. The largest absolute Gasteiger partial charge is 0.315 e. The van der Waals surface area contributed by atoms with Crippen molar-refractivity contribution in [3.8, 4) is 0 Å². The van der Waals surface area contributed by atoms with E-state index in [1.165, 1.54) is 12.8 Å². The SMILES string of the molecule is O=S1(=O)CCC(Cc2nnc3n2CCCC3)CC1. The second-order valence-electron chi connectivity index (χ2n) is 5.44. The molecule has 18 heavy (non-hydrogen) atoms. The molecule has 1 saturated heterocycles. The predicted molar refractivity (Wildman–Crippen MR) is 68.0 cm³/mol. The number of fused-ring (bicyclic) bond motifs is 1. The third-order valence-electron chi connectivity index (χ3n) is 4.08. The minimum absolute atomic E-state index is 0.346. The van der Waals surface area contributed by atoms with E-state index < -0.39 is 9.84 Å². The number of sulfone groups is 1. The van der Waals surface area contributed by atoms with E-state index in [1.54, 1.807) is 0 Å². The minimum atomic E-state index is -2.75. The van der Waals surface area contributed by atoms with Gasteiger partial charge >= 0.3 is 0 Å². The van der Waals surface area contributed by atoms with E-state index in [9.17, 15) is 8.42 Å². The molecule has 0 spiro atoms. The molecule has 2 aliphatic heterocycles. The first-order valence-corrected chi connectivity index (χ1v) is 8.57. The molecule has 100 valence electrons. The molecule has 0 unspecified atom stereocenters. The second-order valence-corrected chi connectivity index (χ2v) is 7.74. The molecule has 3 rings (SSSR count). The molecule has 3 heterocycles. The van der Waals surface area contributed by atoms with Crippen LogP contribution < -0.4 is 0 Å². The topological polar surface area (TPSA) is 64.8 Å². The fourth-order valence-electron chi connectivity index (χ4n) is 2.92. The summed E-state index contributed by atoms with van der Waals surface area (Å²) >= 11 is 0. The van der Waals surface area contributed by atoms with Crippen LogP contribution in [0.15, 0.2) is 0 Å². The zero-order valence-electron chi connectivity index (χ0n) is 10.5. The fourth-order valence-corrected chi connectivity index (χ4v) is 4.51. The van der Waals surface area contributed by atoms with E-state index in [-0.39, 0.29) is 0 Å². The Labute approximate surface area is 108 Å². The average molecular weight is 269 g/mol. The van der Waals surface area contributed by atoms with Gasteiger partial charge in [0.15, 0.2) is 0 Å². The Bertz CT molecular complexity index is 522. The van der Waals surface area contributed by atoms with Crippen LogP contribution in [0.25, 0.3) is 0 Å². The lowest BCUT2D eigenvalue weighted by atomic mass is 9.98. The summed E-state index contributed by atoms with van der Waals surface area (Å²) in [4.78, 5) is 0. The van der Waals surface area contributed by atoms with Gasteiger partial charge in [0.05, 0.1) is 11.5 Å². The van der Waals surface area contributed by atoms with Crippen molar-refractivity contribution in [2.24, 2.45) is 5.92 Å². The number of rotatable bonds is 2. The quantitative estimate of drug-likeness (QED) is 0.803. The highest BCUT2D eigenvalue weighted by Crippen LogP contribution is 2.24. The molecule has 0 radical (unpaired) electrons. The van der Waals surface area contributed by atoms with Gasteiger partial charge in [0.25, 0.3) is 0 Å². The fraction of sp³-hybridized carbons (Fsp3) is 0.833. The van der Waals surface area contributed by atoms with Gasteiger partial charge in [0, 0.05) is 19.4 Å². The molecule has 0 aromatic carbocycles. The van der Waals surface area contributed by atoms with Crippen LogP contribution >= 0.6 is 0 Å². The van der Waals surface area contributed by atoms with E-state index in [0.29, 0.717) is 17.4 Å². The molecular weight excluding hydrogens is 250 g/mol. The normalized spacial score (nSPS) is 23.8. The van der Waals surface area contributed by atoms with Gasteiger partial charge in [0.2, 0.25) is 0 Å². The number of aryl methyl sites for hydroxylation is 1. The van der Waals surface area contributed by atoms with Crippen molar-refractivity contribution in [3.05, 3.63) is 11.6 Å². The highest BCUT2D eigenvalue weighted by atomic mass is 32.2. The number of nitrogens with zero attached hydrogens (tertiary/aromatic N) is 3. The highest BCUT2D eigenvalue weighted by Gasteiger charge is 2.26. The van der Waals surface area contributed by atoms with Crippen molar-refractivity contribution < 1.29 is 8.42 Å². The van der Waals surface area contributed by atoms with Gasteiger partial charge in [-0.3, -0.25) is 0 Å². The van der Waals surface area contributed by atoms with Gasteiger partial charge < -0.3 is 4.57 Å². The highest BCUT2D eigenvalue weighted by molar-refractivity contribution is 7.91. The molecule has 0 atom stereocenters. The third kappa shape index (κ3) is 2.43. The summed E-state index contributed by atoms with van der Waals surface area (Å²) in [5, 5.41) is 8.54. The zero-order chi connectivity index (χ0) is 12.6. The zero-order valence-corrected chi connectivity index (χ0v) is 11.3. The van der Waals surface area contributed by atoms with Crippen LogP contribution in [-0.4, -0.2) is 34.7 Å². The molecule has 0 saturated carbocycles. The van der Waals surface area contributed by atoms with E-state index in [1.807, 2.05) is 0 Å². The maximum Gasteiger partial charge on any atom is 0.150 e. The smallest absolute Gasteiger partial charge is 0.150 e. The Balaban J connectivity index is 1.68. The lowest BCUT2D eigenvalue weighted by Crippen LogP contribution is -2.25. The van der Waals surface area contributed by atoms with Crippen LogP contribution in [0.4, 0.5) is 0 Å². The van der Waals surface area contributed by atoms with Crippen molar-refractivity contribution in [1.29, 1.82) is 0 Å². The number of hydrogen-bond acceptors (Lipinski definition) is 4. The summed E-state index contributed by atoms with van der Waals surface area (Å²) in [6.45, 7) is 1.03. The Hall–Kier alpha value is -0.910. The molecular formula is C12H19N3O2S. The van der Waals surface area contributed by atoms with Gasteiger partial charge in [0.1, 0.15) is 21.5 Å². The average Bonchev–Trinajstić information content (AvgIpc) is 2.76.